The van der Waals surface area contributed by atoms with Gasteiger partial charge in [0.25, 0.3) is 11.5 Å². The van der Waals surface area contributed by atoms with E-state index in [1.54, 1.807) is 24.7 Å². The number of aromatic hydroxyl groups is 1. The second-order valence-corrected chi connectivity index (χ2v) is 9.50. The maximum absolute atomic E-state index is 13.4. The summed E-state index contributed by atoms with van der Waals surface area (Å²) >= 11 is 0. The van der Waals surface area contributed by atoms with Crippen LogP contribution in [-0.4, -0.2) is 58.9 Å². The van der Waals surface area contributed by atoms with Crippen molar-refractivity contribution in [1.29, 1.82) is 0 Å². The maximum atomic E-state index is 13.4. The van der Waals surface area contributed by atoms with E-state index in [4.69, 9.17) is 0 Å². The Morgan fingerprint density at radius 3 is 2.63 bits per heavy atom. The summed E-state index contributed by atoms with van der Waals surface area (Å²) in [5, 5.41) is 22.3. The zero-order valence-corrected chi connectivity index (χ0v) is 20.6. The lowest BCUT2D eigenvalue weighted by Crippen LogP contribution is -2.36. The molecule has 0 aromatic carbocycles. The first-order valence-electron chi connectivity index (χ1n) is 11.6. The van der Waals surface area contributed by atoms with Gasteiger partial charge >= 0.3 is 0 Å². The summed E-state index contributed by atoms with van der Waals surface area (Å²) in [6, 6.07) is 1.87. The Labute approximate surface area is 202 Å². The molecule has 0 saturated heterocycles. The van der Waals surface area contributed by atoms with Gasteiger partial charge in [0, 0.05) is 44.5 Å². The van der Waals surface area contributed by atoms with Gasteiger partial charge in [0.05, 0.1) is 17.9 Å². The Bertz CT molecular complexity index is 1370. The number of carbonyl (C=O) groups is 2. The van der Waals surface area contributed by atoms with Crippen molar-refractivity contribution in [2.45, 2.75) is 52.7 Å². The normalized spacial score (nSPS) is 13.8. The van der Waals surface area contributed by atoms with E-state index in [0.29, 0.717) is 30.0 Å². The zero-order valence-electron chi connectivity index (χ0n) is 20.6. The van der Waals surface area contributed by atoms with Crippen LogP contribution in [0.1, 0.15) is 54.0 Å². The third-order valence-electron chi connectivity index (χ3n) is 5.84. The van der Waals surface area contributed by atoms with E-state index >= 15 is 0 Å². The average molecular weight is 482 g/mol. The number of nitrogens with one attached hydrogen (secondary N) is 1. The van der Waals surface area contributed by atoms with Crippen LogP contribution in [0.4, 0.5) is 0 Å². The van der Waals surface area contributed by atoms with Crippen molar-refractivity contribution in [1.82, 2.24) is 34.2 Å². The molecule has 2 amide bonds. The fraction of sp³-hybridized carbons (Fsp3) is 0.458. The van der Waals surface area contributed by atoms with Gasteiger partial charge in [-0.3, -0.25) is 23.6 Å². The highest BCUT2D eigenvalue weighted by Crippen LogP contribution is 2.25. The van der Waals surface area contributed by atoms with Crippen molar-refractivity contribution in [3.63, 3.8) is 0 Å². The van der Waals surface area contributed by atoms with E-state index in [9.17, 15) is 19.5 Å². The van der Waals surface area contributed by atoms with E-state index < -0.39 is 17.3 Å². The van der Waals surface area contributed by atoms with Crippen molar-refractivity contribution < 1.29 is 14.7 Å². The number of fused-ring (bicyclic) bond motifs is 1. The summed E-state index contributed by atoms with van der Waals surface area (Å²) in [6.45, 7) is 6.29. The first-order valence-corrected chi connectivity index (χ1v) is 11.6. The summed E-state index contributed by atoms with van der Waals surface area (Å²) < 4.78 is 4.34. The molecule has 1 aliphatic carbocycles. The topological polar surface area (TPSA) is 127 Å². The first-order chi connectivity index (χ1) is 16.6. The smallest absolute Gasteiger partial charge is 0.270 e. The number of hydrogen-bond donors (Lipinski definition) is 2. The Kier molecular flexibility index (Phi) is 6.51. The molecule has 0 unspecified atom stereocenters. The fourth-order valence-electron chi connectivity index (χ4n) is 3.93. The van der Waals surface area contributed by atoms with Crippen LogP contribution in [0.5, 0.6) is 5.88 Å². The van der Waals surface area contributed by atoms with Gasteiger partial charge in [-0.05, 0) is 37.8 Å². The highest BCUT2D eigenvalue weighted by atomic mass is 16.3. The van der Waals surface area contributed by atoms with Gasteiger partial charge in [-0.1, -0.05) is 13.8 Å². The second kappa shape index (κ2) is 9.40. The van der Waals surface area contributed by atoms with Crippen LogP contribution in [0.15, 0.2) is 23.1 Å². The predicted molar refractivity (Wildman–Crippen MR) is 130 cm³/mol. The highest BCUT2D eigenvalue weighted by molar-refractivity contribution is 5.97. The summed E-state index contributed by atoms with van der Waals surface area (Å²) in [4.78, 5) is 40.4. The molecule has 0 aliphatic heterocycles. The molecular weight excluding hydrogens is 450 g/mol. The zero-order chi connectivity index (χ0) is 25.4. The number of rotatable bonds is 8. The summed E-state index contributed by atoms with van der Waals surface area (Å²) in [5.41, 5.74) is 1.21. The third-order valence-corrected chi connectivity index (χ3v) is 5.84. The molecule has 3 aromatic heterocycles. The van der Waals surface area contributed by atoms with Crippen molar-refractivity contribution in [3.8, 4) is 5.88 Å². The van der Waals surface area contributed by atoms with Gasteiger partial charge < -0.3 is 15.3 Å². The molecule has 11 heteroatoms. The van der Waals surface area contributed by atoms with Crippen LogP contribution in [0.25, 0.3) is 11.7 Å². The molecule has 4 rings (SSSR count). The van der Waals surface area contributed by atoms with E-state index in [0.717, 1.165) is 18.5 Å². The van der Waals surface area contributed by atoms with Gasteiger partial charge in [-0.15, -0.1) is 0 Å². The quantitative estimate of drug-likeness (QED) is 0.469. The summed E-state index contributed by atoms with van der Waals surface area (Å²) in [7, 11) is 3.49. The highest BCUT2D eigenvalue weighted by Gasteiger charge is 2.30. The predicted octanol–water partition coefficient (Wildman–Crippen LogP) is 1.46. The molecular formula is C24H31N7O4. The molecule has 2 N–H and O–H groups in total. The van der Waals surface area contributed by atoms with Crippen LogP contribution in [0.2, 0.25) is 0 Å². The van der Waals surface area contributed by atoms with E-state index in [1.165, 1.54) is 20.1 Å². The number of hydrogen-bond acceptors (Lipinski definition) is 6. The molecule has 0 atom stereocenters. The van der Waals surface area contributed by atoms with Crippen LogP contribution >= 0.6 is 0 Å². The van der Waals surface area contributed by atoms with Crippen molar-refractivity contribution in [2.24, 2.45) is 13.0 Å². The maximum Gasteiger partial charge on any atom is 0.270 e. The number of carbonyl (C=O) groups excluding carboxylic acids is 2. The first kappa shape index (κ1) is 24.2. The van der Waals surface area contributed by atoms with E-state index in [2.05, 4.69) is 15.5 Å². The van der Waals surface area contributed by atoms with E-state index in [1.807, 2.05) is 33.2 Å². The molecule has 35 heavy (non-hydrogen) atoms. The third kappa shape index (κ3) is 4.98. The molecule has 186 valence electrons. The Morgan fingerprint density at radius 2 is 2.03 bits per heavy atom. The van der Waals surface area contributed by atoms with Gasteiger partial charge in [0.2, 0.25) is 11.8 Å². The standard InChI is InChI=1S/C24H31N7O4/c1-14(2)12-30-22-18(8-9-19(32)28(4)13-17-10-11-29(5)27-17)15(3)26-31(22)24(35)20(23(30)34)21(33)25-16-6-7-16/h8-11,14,16,35H,6-7,12-13H2,1-5H3,(H,25,33)/b9-8+. The minimum Gasteiger partial charge on any atom is -0.492 e. The second-order valence-electron chi connectivity index (χ2n) is 9.50. The molecule has 0 radical (unpaired) electrons. The molecule has 0 spiro atoms. The van der Waals surface area contributed by atoms with Crippen molar-refractivity contribution in [2.75, 3.05) is 7.05 Å². The Hall–Kier alpha value is -3.89. The van der Waals surface area contributed by atoms with E-state index in [-0.39, 0.29) is 23.4 Å². The SMILES string of the molecule is Cc1nn2c(O)c(C(=O)NC3CC3)c(=O)n(CC(C)C)c2c1/C=C/C(=O)N(C)Cc1ccn(C)n1. The Balaban J connectivity index is 1.73. The molecule has 3 heterocycles. The molecule has 11 nitrogen and oxygen atoms in total. The lowest BCUT2D eigenvalue weighted by atomic mass is 10.1. The Morgan fingerprint density at radius 1 is 1.31 bits per heavy atom. The number of aromatic nitrogens is 5. The lowest BCUT2D eigenvalue weighted by Gasteiger charge is -2.15. The van der Waals surface area contributed by atoms with Crippen LogP contribution in [0, 0.1) is 12.8 Å². The fourth-order valence-corrected chi connectivity index (χ4v) is 3.93. The van der Waals surface area contributed by atoms with Crippen molar-refractivity contribution >= 4 is 23.5 Å². The minimum absolute atomic E-state index is 0.0301. The monoisotopic (exact) mass is 481 g/mol. The van der Waals surface area contributed by atoms with Crippen LogP contribution in [0.3, 0.4) is 0 Å². The van der Waals surface area contributed by atoms with Gasteiger partial charge in [0.1, 0.15) is 5.65 Å². The van der Waals surface area contributed by atoms with Gasteiger partial charge in [-0.2, -0.15) is 14.7 Å². The molecule has 1 fully saturated rings. The largest absolute Gasteiger partial charge is 0.492 e. The summed E-state index contributed by atoms with van der Waals surface area (Å²) in [5.74, 6) is -1.29. The van der Waals surface area contributed by atoms with Gasteiger partial charge in [-0.25, -0.2) is 0 Å². The molecule has 1 aliphatic rings. The number of aryl methyl sites for hydroxylation is 2. The molecule has 1 saturated carbocycles. The summed E-state index contributed by atoms with van der Waals surface area (Å²) in [6.07, 6.45) is 6.52. The number of likely N-dealkylation sites (N-methyl/N-ethyl adjacent to an activating group) is 1. The number of nitrogens with zero attached hydrogens (tertiary/aromatic N) is 6. The average Bonchev–Trinajstić information content (AvgIpc) is 3.40. The minimum atomic E-state index is -0.606. The molecule has 0 bridgehead atoms. The van der Waals surface area contributed by atoms with Crippen LogP contribution < -0.4 is 10.9 Å². The van der Waals surface area contributed by atoms with Gasteiger partial charge in [0.15, 0.2) is 5.56 Å². The van der Waals surface area contributed by atoms with Crippen LogP contribution in [-0.2, 0) is 24.9 Å². The number of amides is 2. The van der Waals surface area contributed by atoms with Crippen molar-refractivity contribution in [3.05, 3.63) is 51.2 Å². The lowest BCUT2D eigenvalue weighted by molar-refractivity contribution is -0.125. The molecule has 3 aromatic rings.